The Morgan fingerprint density at radius 3 is 2.19 bits per heavy atom. The normalized spacial score (nSPS) is 16.3. The van der Waals surface area contributed by atoms with Gasteiger partial charge in [-0.15, -0.1) is 11.8 Å². The van der Waals surface area contributed by atoms with E-state index >= 15 is 0 Å². The van der Waals surface area contributed by atoms with Crippen LogP contribution in [0.1, 0.15) is 47.1 Å². The van der Waals surface area contributed by atoms with Gasteiger partial charge in [0, 0.05) is 4.90 Å². The highest BCUT2D eigenvalue weighted by atomic mass is 32.2. The molecule has 1 saturated heterocycles. The van der Waals surface area contributed by atoms with Gasteiger partial charge in [-0.2, -0.15) is 0 Å². The summed E-state index contributed by atoms with van der Waals surface area (Å²) in [6.45, 7) is 11.6. The fourth-order valence-electron chi connectivity index (χ4n) is 2.81. The predicted molar refractivity (Wildman–Crippen MR) is 107 cm³/mol. The van der Waals surface area contributed by atoms with Gasteiger partial charge in [0.05, 0.1) is 13.1 Å². The minimum absolute atomic E-state index is 0.332. The molecule has 27 heavy (non-hydrogen) atoms. The van der Waals surface area contributed by atoms with Gasteiger partial charge in [-0.25, -0.2) is 9.59 Å². The van der Waals surface area contributed by atoms with Gasteiger partial charge in [-0.3, -0.25) is 0 Å². The summed E-state index contributed by atoms with van der Waals surface area (Å²) in [5, 5.41) is 2.98. The Morgan fingerprint density at radius 1 is 1.07 bits per heavy atom. The topological polar surface area (TPSA) is 67.9 Å². The number of hydrogen-bond acceptors (Lipinski definition) is 5. The van der Waals surface area contributed by atoms with Crippen molar-refractivity contribution >= 4 is 23.9 Å². The fourth-order valence-corrected chi connectivity index (χ4v) is 3.27. The summed E-state index contributed by atoms with van der Waals surface area (Å²) in [7, 11) is 0. The lowest BCUT2D eigenvalue weighted by Crippen LogP contribution is -2.69. The first-order valence-electron chi connectivity index (χ1n) is 8.97. The maximum atomic E-state index is 12.4. The van der Waals surface area contributed by atoms with Crippen molar-refractivity contribution in [3.8, 4) is 0 Å². The maximum absolute atomic E-state index is 12.4. The Kier molecular flexibility index (Phi) is 6.04. The summed E-state index contributed by atoms with van der Waals surface area (Å²) in [6, 6.07) is 7.97. The van der Waals surface area contributed by atoms with E-state index in [-0.39, 0.29) is 6.09 Å². The molecular formula is C20H30N2O4S. The SMILES string of the molecule is CSc1cccc(C2(NC(=O)OC(C)(C)C)CN(C(=O)OC(C)(C)C)C2)c1. The molecule has 1 N–H and O–H groups in total. The number of nitrogens with one attached hydrogen (secondary N) is 1. The Morgan fingerprint density at radius 2 is 1.67 bits per heavy atom. The molecule has 0 spiro atoms. The lowest BCUT2D eigenvalue weighted by atomic mass is 9.82. The average molecular weight is 395 g/mol. The monoisotopic (exact) mass is 394 g/mol. The van der Waals surface area contributed by atoms with Crippen LogP contribution in [0.4, 0.5) is 9.59 Å². The van der Waals surface area contributed by atoms with E-state index < -0.39 is 22.8 Å². The molecule has 7 heteroatoms. The molecule has 1 aromatic carbocycles. The number of ether oxygens (including phenoxy) is 2. The zero-order valence-electron chi connectivity index (χ0n) is 17.2. The third-order valence-electron chi connectivity index (χ3n) is 3.94. The molecule has 6 nitrogen and oxygen atoms in total. The van der Waals surface area contributed by atoms with Crippen LogP contribution < -0.4 is 5.32 Å². The van der Waals surface area contributed by atoms with Crippen LogP contribution in [-0.2, 0) is 15.0 Å². The molecule has 2 amide bonds. The summed E-state index contributed by atoms with van der Waals surface area (Å²) >= 11 is 1.63. The maximum Gasteiger partial charge on any atom is 0.410 e. The number of amides is 2. The molecule has 0 aliphatic carbocycles. The molecule has 1 heterocycles. The molecule has 0 aromatic heterocycles. The van der Waals surface area contributed by atoms with Gasteiger partial charge in [-0.1, -0.05) is 12.1 Å². The Balaban J connectivity index is 2.21. The number of hydrogen-bond donors (Lipinski definition) is 1. The van der Waals surface area contributed by atoms with Crippen LogP contribution in [0.5, 0.6) is 0 Å². The van der Waals surface area contributed by atoms with Crippen molar-refractivity contribution in [3.05, 3.63) is 29.8 Å². The molecular weight excluding hydrogens is 364 g/mol. The number of benzene rings is 1. The van der Waals surface area contributed by atoms with Gasteiger partial charge in [-0.05, 0) is 65.5 Å². The van der Waals surface area contributed by atoms with E-state index in [1.165, 1.54) is 0 Å². The van der Waals surface area contributed by atoms with Crippen molar-refractivity contribution in [3.63, 3.8) is 0 Å². The number of carbonyl (C=O) groups is 2. The summed E-state index contributed by atoms with van der Waals surface area (Å²) < 4.78 is 10.9. The summed E-state index contributed by atoms with van der Waals surface area (Å²) in [4.78, 5) is 27.5. The lowest BCUT2D eigenvalue weighted by Gasteiger charge is -2.50. The third kappa shape index (κ3) is 5.79. The number of rotatable bonds is 3. The molecule has 1 aliphatic rings. The molecule has 1 aromatic rings. The van der Waals surface area contributed by atoms with Gasteiger partial charge in [0.25, 0.3) is 0 Å². The Hall–Kier alpha value is -1.89. The molecule has 150 valence electrons. The Labute approximate surface area is 166 Å². The van der Waals surface area contributed by atoms with Crippen LogP contribution >= 0.6 is 11.8 Å². The van der Waals surface area contributed by atoms with E-state index in [4.69, 9.17) is 9.47 Å². The molecule has 0 radical (unpaired) electrons. The fraction of sp³-hybridized carbons (Fsp3) is 0.600. The molecule has 0 unspecified atom stereocenters. The summed E-state index contributed by atoms with van der Waals surface area (Å²) in [5.74, 6) is 0. The van der Waals surface area contributed by atoms with E-state index in [2.05, 4.69) is 5.32 Å². The first-order chi connectivity index (χ1) is 12.3. The van der Waals surface area contributed by atoms with Crippen LogP contribution in [0.3, 0.4) is 0 Å². The second kappa shape index (κ2) is 7.62. The van der Waals surface area contributed by atoms with Crippen LogP contribution in [0.25, 0.3) is 0 Å². The van der Waals surface area contributed by atoms with Crippen molar-refractivity contribution in [1.82, 2.24) is 10.2 Å². The van der Waals surface area contributed by atoms with Crippen molar-refractivity contribution in [2.24, 2.45) is 0 Å². The Bertz CT molecular complexity index is 701. The number of thioether (sulfide) groups is 1. The van der Waals surface area contributed by atoms with E-state index in [1.54, 1.807) is 16.7 Å². The van der Waals surface area contributed by atoms with Gasteiger partial charge in [0.1, 0.15) is 16.7 Å². The average Bonchev–Trinajstić information content (AvgIpc) is 2.46. The largest absolute Gasteiger partial charge is 0.444 e. The quantitative estimate of drug-likeness (QED) is 0.771. The van der Waals surface area contributed by atoms with Crippen LogP contribution in [0.15, 0.2) is 29.2 Å². The van der Waals surface area contributed by atoms with E-state index in [0.29, 0.717) is 13.1 Å². The van der Waals surface area contributed by atoms with Crippen molar-refractivity contribution in [2.45, 2.75) is 63.2 Å². The van der Waals surface area contributed by atoms with Gasteiger partial charge >= 0.3 is 12.2 Å². The van der Waals surface area contributed by atoms with E-state index in [0.717, 1.165) is 10.5 Å². The van der Waals surface area contributed by atoms with Crippen LogP contribution in [0.2, 0.25) is 0 Å². The van der Waals surface area contributed by atoms with E-state index in [1.807, 2.05) is 72.1 Å². The summed E-state index contributed by atoms with van der Waals surface area (Å²) in [6.07, 6.45) is 1.12. The molecule has 1 fully saturated rings. The molecule has 1 aliphatic heterocycles. The summed E-state index contributed by atoms with van der Waals surface area (Å²) in [5.41, 5.74) is -0.904. The number of carbonyl (C=O) groups excluding carboxylic acids is 2. The van der Waals surface area contributed by atoms with E-state index in [9.17, 15) is 9.59 Å². The predicted octanol–water partition coefficient (Wildman–Crippen LogP) is 4.38. The van der Waals surface area contributed by atoms with Crippen molar-refractivity contribution in [1.29, 1.82) is 0 Å². The molecule has 0 atom stereocenters. The molecule has 0 saturated carbocycles. The molecule has 0 bridgehead atoms. The van der Waals surface area contributed by atoms with Crippen molar-refractivity contribution < 1.29 is 19.1 Å². The highest BCUT2D eigenvalue weighted by molar-refractivity contribution is 7.98. The second-order valence-corrected chi connectivity index (χ2v) is 9.66. The van der Waals surface area contributed by atoms with Gasteiger partial charge in [0.15, 0.2) is 0 Å². The van der Waals surface area contributed by atoms with Crippen LogP contribution in [0, 0.1) is 0 Å². The first kappa shape index (κ1) is 21.4. The first-order valence-corrected chi connectivity index (χ1v) is 10.2. The minimum atomic E-state index is -0.690. The number of nitrogens with zero attached hydrogens (tertiary/aromatic N) is 1. The highest BCUT2D eigenvalue weighted by Crippen LogP contribution is 2.35. The van der Waals surface area contributed by atoms with Gasteiger partial charge < -0.3 is 19.7 Å². The van der Waals surface area contributed by atoms with Crippen molar-refractivity contribution in [2.75, 3.05) is 19.3 Å². The zero-order valence-corrected chi connectivity index (χ0v) is 18.0. The minimum Gasteiger partial charge on any atom is -0.444 e. The third-order valence-corrected chi connectivity index (χ3v) is 4.66. The lowest BCUT2D eigenvalue weighted by molar-refractivity contribution is -0.0230. The number of alkyl carbamates (subject to hydrolysis) is 1. The second-order valence-electron chi connectivity index (χ2n) is 8.78. The zero-order chi connectivity index (χ0) is 20.5. The number of likely N-dealkylation sites (tertiary alicyclic amines) is 1. The highest BCUT2D eigenvalue weighted by Gasteiger charge is 2.49. The molecule has 2 rings (SSSR count). The standard InChI is InChI=1S/C20H30N2O4S/c1-18(2,3)25-16(23)21-20(14-9-8-10-15(11-14)27-7)12-22(13-20)17(24)26-19(4,5)6/h8-11H,12-13H2,1-7H3,(H,21,23). The van der Waals surface area contributed by atoms with Gasteiger partial charge in [0.2, 0.25) is 0 Å². The van der Waals surface area contributed by atoms with Crippen LogP contribution in [-0.4, -0.2) is 47.6 Å². The smallest absolute Gasteiger partial charge is 0.410 e.